The van der Waals surface area contributed by atoms with Crippen LogP contribution in [0.5, 0.6) is 0 Å². The molecule has 0 N–H and O–H groups in total. The summed E-state index contributed by atoms with van der Waals surface area (Å²) in [4.78, 5) is 4.06. The molecule has 0 aliphatic heterocycles. The van der Waals surface area contributed by atoms with Crippen molar-refractivity contribution in [2.45, 2.75) is 10.4 Å². The Kier molecular flexibility index (Phi) is 3.76. The molecule has 0 aliphatic rings. The number of benzene rings is 1. The van der Waals surface area contributed by atoms with Gasteiger partial charge in [0.25, 0.3) is 0 Å². The van der Waals surface area contributed by atoms with E-state index < -0.39 is 5.51 Å². The van der Waals surface area contributed by atoms with E-state index in [4.69, 9.17) is 5.26 Å². The van der Waals surface area contributed by atoms with Gasteiger partial charge in [0.05, 0.1) is 17.3 Å². The first-order valence-electron chi connectivity index (χ1n) is 5.21. The van der Waals surface area contributed by atoms with Gasteiger partial charge < -0.3 is 0 Å². The molecule has 0 saturated carbocycles. The third-order valence-corrected chi connectivity index (χ3v) is 3.08. The summed E-state index contributed by atoms with van der Waals surface area (Å²) in [6.07, 6.45) is 1.50. The number of nitriles is 1. The predicted molar refractivity (Wildman–Crippen MR) is 66.3 cm³/mol. The molecule has 0 radical (unpaired) electrons. The normalized spacial score (nSPS) is 11.1. The summed E-state index contributed by atoms with van der Waals surface area (Å²) in [5.74, 6) is 0. The quantitative estimate of drug-likeness (QED) is 0.772. The zero-order valence-corrected chi connectivity index (χ0v) is 10.3. The number of rotatable bonds is 2. The highest BCUT2D eigenvalue weighted by Gasteiger charge is 2.30. The van der Waals surface area contributed by atoms with E-state index in [1.54, 1.807) is 18.2 Å². The van der Waals surface area contributed by atoms with Gasteiger partial charge in [0.2, 0.25) is 0 Å². The van der Waals surface area contributed by atoms with E-state index in [0.717, 1.165) is 0 Å². The van der Waals surface area contributed by atoms with Crippen LogP contribution in [0.4, 0.5) is 13.2 Å². The molecule has 1 aromatic carbocycles. The lowest BCUT2D eigenvalue weighted by atomic mass is 10.1. The lowest BCUT2D eigenvalue weighted by Crippen LogP contribution is -2.00. The first kappa shape index (κ1) is 13.4. The number of nitrogens with zero attached hydrogens (tertiary/aromatic N) is 2. The van der Waals surface area contributed by atoms with E-state index in [0.29, 0.717) is 16.8 Å². The second-order valence-electron chi connectivity index (χ2n) is 3.59. The Morgan fingerprint density at radius 1 is 1.16 bits per heavy atom. The third-order valence-electron chi connectivity index (χ3n) is 2.28. The van der Waals surface area contributed by atoms with Crippen molar-refractivity contribution in [3.8, 4) is 17.3 Å². The molecule has 0 atom stereocenters. The van der Waals surface area contributed by atoms with Crippen LogP contribution in [0.15, 0.2) is 47.5 Å². The Labute approximate surface area is 111 Å². The van der Waals surface area contributed by atoms with E-state index >= 15 is 0 Å². The maximum atomic E-state index is 12.5. The Bertz CT molecular complexity index is 618. The van der Waals surface area contributed by atoms with Gasteiger partial charge in [-0.2, -0.15) is 18.4 Å². The van der Waals surface area contributed by atoms with Crippen LogP contribution in [-0.4, -0.2) is 10.5 Å². The van der Waals surface area contributed by atoms with Crippen LogP contribution in [0.25, 0.3) is 11.3 Å². The summed E-state index contributed by atoms with van der Waals surface area (Å²) in [5.41, 5.74) is -3.36. The highest BCUT2D eigenvalue weighted by Crippen LogP contribution is 2.41. The van der Waals surface area contributed by atoms with Gasteiger partial charge in [-0.3, -0.25) is 4.98 Å². The predicted octanol–water partition coefficient (Wildman–Crippen LogP) is 4.23. The Morgan fingerprint density at radius 2 is 1.95 bits per heavy atom. The maximum absolute atomic E-state index is 12.5. The van der Waals surface area contributed by atoms with Crippen LogP contribution in [0.2, 0.25) is 0 Å². The molecule has 96 valence electrons. The molecule has 0 fully saturated rings. The van der Waals surface area contributed by atoms with Crippen LogP contribution < -0.4 is 0 Å². The first-order chi connectivity index (χ1) is 8.99. The van der Waals surface area contributed by atoms with Crippen molar-refractivity contribution < 1.29 is 13.2 Å². The van der Waals surface area contributed by atoms with Crippen molar-refractivity contribution in [3.63, 3.8) is 0 Å². The standard InChI is InChI=1S/C13H7F3N2S/c14-13(15,16)19-12-5-4-9(8-17)7-10(12)11-3-1-2-6-18-11/h1-7H. The molecule has 0 spiro atoms. The van der Waals surface area contributed by atoms with Gasteiger partial charge >= 0.3 is 5.51 Å². The van der Waals surface area contributed by atoms with Crippen molar-refractivity contribution >= 4 is 11.8 Å². The van der Waals surface area contributed by atoms with Crippen molar-refractivity contribution in [2.24, 2.45) is 0 Å². The van der Waals surface area contributed by atoms with E-state index in [-0.39, 0.29) is 16.7 Å². The molecule has 0 amide bonds. The van der Waals surface area contributed by atoms with E-state index in [2.05, 4.69) is 4.98 Å². The molecule has 0 saturated heterocycles. The molecule has 0 unspecified atom stereocenters. The minimum Gasteiger partial charge on any atom is -0.256 e. The fraction of sp³-hybridized carbons (Fsp3) is 0.0769. The molecular weight excluding hydrogens is 273 g/mol. The summed E-state index contributed by atoms with van der Waals surface area (Å²) in [7, 11) is 0. The van der Waals surface area contributed by atoms with E-state index in [1.807, 2.05) is 6.07 Å². The monoisotopic (exact) mass is 280 g/mol. The van der Waals surface area contributed by atoms with Crippen LogP contribution in [0, 0.1) is 11.3 Å². The number of pyridine rings is 1. The fourth-order valence-electron chi connectivity index (χ4n) is 1.54. The highest BCUT2D eigenvalue weighted by molar-refractivity contribution is 8.00. The highest BCUT2D eigenvalue weighted by atomic mass is 32.2. The summed E-state index contributed by atoms with van der Waals surface area (Å²) in [6, 6.07) is 10.9. The minimum atomic E-state index is -4.38. The van der Waals surface area contributed by atoms with Gasteiger partial charge in [-0.25, -0.2) is 0 Å². The molecule has 0 aliphatic carbocycles. The van der Waals surface area contributed by atoms with Gasteiger partial charge in [-0.05, 0) is 42.1 Å². The largest absolute Gasteiger partial charge is 0.446 e. The number of halogens is 3. The molecule has 6 heteroatoms. The van der Waals surface area contributed by atoms with Crippen LogP contribution >= 0.6 is 11.8 Å². The Balaban J connectivity index is 2.53. The molecule has 1 aromatic heterocycles. The SMILES string of the molecule is N#Cc1ccc(SC(F)(F)F)c(-c2ccccn2)c1. The van der Waals surface area contributed by atoms with Gasteiger partial charge in [0.1, 0.15) is 0 Å². The Morgan fingerprint density at radius 3 is 2.53 bits per heavy atom. The maximum Gasteiger partial charge on any atom is 0.446 e. The molecule has 2 aromatic rings. The fourth-order valence-corrected chi connectivity index (χ4v) is 2.19. The average molecular weight is 280 g/mol. The van der Waals surface area contributed by atoms with Crippen LogP contribution in [0.1, 0.15) is 5.56 Å². The van der Waals surface area contributed by atoms with Crippen LogP contribution in [0.3, 0.4) is 0 Å². The van der Waals surface area contributed by atoms with Gasteiger partial charge in [0.15, 0.2) is 0 Å². The van der Waals surface area contributed by atoms with Crippen molar-refractivity contribution in [1.29, 1.82) is 5.26 Å². The number of hydrogen-bond donors (Lipinski definition) is 0. The molecule has 1 heterocycles. The molecular formula is C13H7F3N2S. The molecule has 0 bridgehead atoms. The number of thioether (sulfide) groups is 1. The van der Waals surface area contributed by atoms with Crippen molar-refractivity contribution in [1.82, 2.24) is 4.98 Å². The number of alkyl halides is 3. The van der Waals surface area contributed by atoms with Gasteiger partial charge in [-0.15, -0.1) is 0 Å². The number of hydrogen-bond acceptors (Lipinski definition) is 3. The van der Waals surface area contributed by atoms with E-state index in [9.17, 15) is 13.2 Å². The third kappa shape index (κ3) is 3.48. The van der Waals surface area contributed by atoms with Crippen molar-refractivity contribution in [3.05, 3.63) is 48.2 Å². The lowest BCUT2D eigenvalue weighted by molar-refractivity contribution is -0.0327. The lowest BCUT2D eigenvalue weighted by Gasteiger charge is -2.11. The van der Waals surface area contributed by atoms with Gasteiger partial charge in [0, 0.05) is 16.7 Å². The number of aromatic nitrogens is 1. The summed E-state index contributed by atoms with van der Waals surface area (Å²) in [6.45, 7) is 0. The molecule has 2 rings (SSSR count). The summed E-state index contributed by atoms with van der Waals surface area (Å²) >= 11 is -0.208. The smallest absolute Gasteiger partial charge is 0.256 e. The van der Waals surface area contributed by atoms with Gasteiger partial charge in [-0.1, -0.05) is 6.07 Å². The van der Waals surface area contributed by atoms with E-state index in [1.165, 1.54) is 24.4 Å². The summed E-state index contributed by atoms with van der Waals surface area (Å²) < 4.78 is 37.5. The molecule has 2 nitrogen and oxygen atoms in total. The second-order valence-corrected chi connectivity index (χ2v) is 4.69. The van der Waals surface area contributed by atoms with Crippen LogP contribution in [-0.2, 0) is 0 Å². The minimum absolute atomic E-state index is 0.0326. The first-order valence-corrected chi connectivity index (χ1v) is 6.02. The molecule has 19 heavy (non-hydrogen) atoms. The van der Waals surface area contributed by atoms with Crippen molar-refractivity contribution in [2.75, 3.05) is 0 Å². The zero-order chi connectivity index (χ0) is 13.9. The average Bonchev–Trinajstić information content (AvgIpc) is 2.38. The zero-order valence-electron chi connectivity index (χ0n) is 9.48. The Hall–Kier alpha value is -2.00. The second kappa shape index (κ2) is 5.33. The topological polar surface area (TPSA) is 36.7 Å². The summed E-state index contributed by atoms with van der Waals surface area (Å²) in [5, 5.41) is 8.83.